The third-order valence-electron chi connectivity index (χ3n) is 2.47. The van der Waals surface area contributed by atoms with Crippen molar-refractivity contribution in [3.63, 3.8) is 0 Å². The second-order valence-electron chi connectivity index (χ2n) is 3.94. The fourth-order valence-corrected chi connectivity index (χ4v) is 1.56. The zero-order valence-corrected chi connectivity index (χ0v) is 9.98. The molecule has 0 atom stereocenters. The van der Waals surface area contributed by atoms with E-state index in [1.54, 1.807) is 0 Å². The summed E-state index contributed by atoms with van der Waals surface area (Å²) in [6, 6.07) is 9.64. The van der Waals surface area contributed by atoms with Gasteiger partial charge in [-0.1, -0.05) is 18.2 Å². The first-order valence-corrected chi connectivity index (χ1v) is 5.53. The second kappa shape index (κ2) is 5.24. The van der Waals surface area contributed by atoms with Gasteiger partial charge in [-0.3, -0.25) is 0 Å². The molecule has 6 heteroatoms. The van der Waals surface area contributed by atoms with Gasteiger partial charge in [0.25, 0.3) is 0 Å². The summed E-state index contributed by atoms with van der Waals surface area (Å²) in [4.78, 5) is 10.7. The minimum Gasteiger partial charge on any atom is -0.545 e. The van der Waals surface area contributed by atoms with Gasteiger partial charge < -0.3 is 14.6 Å². The Bertz CT molecular complexity index is 636. The average Bonchev–Trinajstić information content (AvgIpc) is 2.38. The maximum absolute atomic E-state index is 12.5. The molecule has 0 saturated carbocycles. The minimum atomic E-state index is -4.47. The van der Waals surface area contributed by atoms with Crippen LogP contribution >= 0.6 is 0 Å². The van der Waals surface area contributed by atoms with E-state index in [4.69, 9.17) is 4.74 Å². The van der Waals surface area contributed by atoms with Crippen molar-refractivity contribution in [2.75, 3.05) is 0 Å². The molecule has 0 fully saturated rings. The number of carboxylic acids is 1. The first-order valence-electron chi connectivity index (χ1n) is 5.53. The fraction of sp³-hybridized carbons (Fsp3) is 0.0714. The Balaban J connectivity index is 2.26. The number of hydrogen-bond acceptors (Lipinski definition) is 3. The molecule has 2 aromatic carbocycles. The SMILES string of the molecule is O=C([O-])c1cccc(Oc2cccc(C(F)(F)F)c2)c1. The standard InChI is InChI=1S/C14H9F3O3/c15-14(16,17)10-4-2-6-12(8-10)20-11-5-1-3-9(7-11)13(18)19/h1-8H,(H,18,19)/p-1. The molecule has 0 aliphatic heterocycles. The van der Waals surface area contributed by atoms with E-state index >= 15 is 0 Å². The van der Waals surface area contributed by atoms with E-state index in [1.165, 1.54) is 36.4 Å². The Kier molecular flexibility index (Phi) is 3.65. The summed E-state index contributed by atoms with van der Waals surface area (Å²) in [7, 11) is 0. The molecule has 2 rings (SSSR count). The van der Waals surface area contributed by atoms with Crippen molar-refractivity contribution < 1.29 is 27.8 Å². The number of hydrogen-bond donors (Lipinski definition) is 0. The number of benzene rings is 2. The lowest BCUT2D eigenvalue weighted by atomic mass is 10.2. The van der Waals surface area contributed by atoms with Gasteiger partial charge in [0.2, 0.25) is 0 Å². The highest BCUT2D eigenvalue weighted by atomic mass is 19.4. The topological polar surface area (TPSA) is 49.4 Å². The predicted molar refractivity (Wildman–Crippen MR) is 62.3 cm³/mol. The van der Waals surface area contributed by atoms with Crippen molar-refractivity contribution >= 4 is 5.97 Å². The average molecular weight is 281 g/mol. The van der Waals surface area contributed by atoms with E-state index in [1.807, 2.05) is 0 Å². The molecule has 0 saturated heterocycles. The molecule has 3 nitrogen and oxygen atoms in total. The van der Waals surface area contributed by atoms with E-state index in [9.17, 15) is 23.1 Å². The van der Waals surface area contributed by atoms with Crippen LogP contribution in [0.2, 0.25) is 0 Å². The summed E-state index contributed by atoms with van der Waals surface area (Å²) in [5, 5.41) is 10.7. The Labute approximate surface area is 112 Å². The van der Waals surface area contributed by atoms with E-state index in [0.29, 0.717) is 0 Å². The molecule has 0 bridgehead atoms. The van der Waals surface area contributed by atoms with Crippen LogP contribution in [0.1, 0.15) is 15.9 Å². The van der Waals surface area contributed by atoms with Gasteiger partial charge in [0, 0.05) is 5.56 Å². The zero-order chi connectivity index (χ0) is 14.8. The van der Waals surface area contributed by atoms with Crippen LogP contribution in [0, 0.1) is 0 Å². The largest absolute Gasteiger partial charge is 0.545 e. The highest BCUT2D eigenvalue weighted by Crippen LogP contribution is 2.32. The monoisotopic (exact) mass is 281 g/mol. The summed E-state index contributed by atoms with van der Waals surface area (Å²) in [6.45, 7) is 0. The van der Waals surface area contributed by atoms with Gasteiger partial charge >= 0.3 is 6.18 Å². The molecule has 0 aromatic heterocycles. The second-order valence-corrected chi connectivity index (χ2v) is 3.94. The summed E-state index contributed by atoms with van der Waals surface area (Å²) in [6.07, 6.45) is -4.47. The van der Waals surface area contributed by atoms with E-state index < -0.39 is 17.7 Å². The molecule has 0 amide bonds. The zero-order valence-electron chi connectivity index (χ0n) is 9.98. The molecule has 0 N–H and O–H groups in total. The van der Waals surface area contributed by atoms with Crippen LogP contribution in [0.25, 0.3) is 0 Å². The first kappa shape index (κ1) is 13.9. The van der Waals surface area contributed by atoms with Crippen LogP contribution in [-0.2, 0) is 6.18 Å². The fourth-order valence-electron chi connectivity index (χ4n) is 1.56. The molecule has 0 spiro atoms. The van der Waals surface area contributed by atoms with Gasteiger partial charge in [0.05, 0.1) is 11.5 Å². The maximum atomic E-state index is 12.5. The quantitative estimate of drug-likeness (QED) is 0.869. The van der Waals surface area contributed by atoms with Gasteiger partial charge in [-0.05, 0) is 30.3 Å². The van der Waals surface area contributed by atoms with Gasteiger partial charge in [-0.15, -0.1) is 0 Å². The Morgan fingerprint density at radius 2 is 1.60 bits per heavy atom. The number of carbonyl (C=O) groups is 1. The van der Waals surface area contributed by atoms with Crippen molar-refractivity contribution in [2.45, 2.75) is 6.18 Å². The highest BCUT2D eigenvalue weighted by Gasteiger charge is 2.30. The van der Waals surface area contributed by atoms with Crippen molar-refractivity contribution in [3.05, 3.63) is 59.7 Å². The van der Waals surface area contributed by atoms with E-state index in [0.717, 1.165) is 12.1 Å². The Morgan fingerprint density at radius 3 is 2.20 bits per heavy atom. The molecule has 20 heavy (non-hydrogen) atoms. The number of carbonyl (C=O) groups excluding carboxylic acids is 1. The summed E-state index contributed by atoms with van der Waals surface area (Å²) in [5.74, 6) is -1.30. The van der Waals surface area contributed by atoms with Crippen LogP contribution in [-0.4, -0.2) is 5.97 Å². The molecule has 0 heterocycles. The first-order chi connectivity index (χ1) is 9.36. The molecule has 0 aliphatic rings. The summed E-state index contributed by atoms with van der Waals surface area (Å²) in [5.41, 5.74) is -0.958. The van der Waals surface area contributed by atoms with E-state index in [2.05, 4.69) is 0 Å². The van der Waals surface area contributed by atoms with Crippen molar-refractivity contribution in [3.8, 4) is 11.5 Å². The highest BCUT2D eigenvalue weighted by molar-refractivity contribution is 5.86. The molecule has 2 aromatic rings. The number of halogens is 3. The van der Waals surface area contributed by atoms with Gasteiger partial charge in [-0.2, -0.15) is 13.2 Å². The maximum Gasteiger partial charge on any atom is 0.416 e. The lowest BCUT2D eigenvalue weighted by Crippen LogP contribution is -2.21. The minimum absolute atomic E-state index is 0.0321. The number of ether oxygens (including phenoxy) is 1. The predicted octanol–water partition coefficient (Wildman–Crippen LogP) is 2.86. The molecular weight excluding hydrogens is 273 g/mol. The lowest BCUT2D eigenvalue weighted by molar-refractivity contribution is -0.255. The van der Waals surface area contributed by atoms with E-state index in [-0.39, 0.29) is 17.1 Å². The van der Waals surface area contributed by atoms with Crippen LogP contribution in [0.15, 0.2) is 48.5 Å². The third kappa shape index (κ3) is 3.28. The third-order valence-corrected chi connectivity index (χ3v) is 2.47. The van der Waals surface area contributed by atoms with Gasteiger partial charge in [0.1, 0.15) is 11.5 Å². The number of carboxylic acid groups (broad SMARTS) is 1. The normalized spacial score (nSPS) is 11.2. The number of aromatic carboxylic acids is 1. The molecular formula is C14H8F3O3-. The Hall–Kier alpha value is -2.50. The molecule has 0 aliphatic carbocycles. The molecule has 104 valence electrons. The number of rotatable bonds is 3. The van der Waals surface area contributed by atoms with Crippen LogP contribution in [0.5, 0.6) is 11.5 Å². The Morgan fingerprint density at radius 1 is 1.00 bits per heavy atom. The van der Waals surface area contributed by atoms with Crippen molar-refractivity contribution in [1.29, 1.82) is 0 Å². The van der Waals surface area contributed by atoms with Crippen molar-refractivity contribution in [2.24, 2.45) is 0 Å². The number of alkyl halides is 3. The van der Waals surface area contributed by atoms with Crippen LogP contribution in [0.3, 0.4) is 0 Å². The summed E-state index contributed by atoms with van der Waals surface area (Å²) < 4.78 is 42.8. The summed E-state index contributed by atoms with van der Waals surface area (Å²) >= 11 is 0. The van der Waals surface area contributed by atoms with Crippen LogP contribution in [0.4, 0.5) is 13.2 Å². The van der Waals surface area contributed by atoms with Crippen molar-refractivity contribution in [1.82, 2.24) is 0 Å². The molecule has 0 unspecified atom stereocenters. The van der Waals surface area contributed by atoms with Gasteiger partial charge in [-0.25, -0.2) is 0 Å². The van der Waals surface area contributed by atoms with Crippen LogP contribution < -0.4 is 9.84 Å². The molecule has 0 radical (unpaired) electrons. The lowest BCUT2D eigenvalue weighted by Gasteiger charge is -2.11. The van der Waals surface area contributed by atoms with Gasteiger partial charge in [0.15, 0.2) is 0 Å². The smallest absolute Gasteiger partial charge is 0.416 e.